The number of carbonyl (C=O) groups is 2. The Hall–Kier alpha value is -2.18. The summed E-state index contributed by atoms with van der Waals surface area (Å²) in [4.78, 5) is 31.5. The highest BCUT2D eigenvalue weighted by molar-refractivity contribution is 5.97. The van der Waals surface area contributed by atoms with Crippen molar-refractivity contribution in [1.82, 2.24) is 14.9 Å². The zero-order valence-electron chi connectivity index (χ0n) is 9.67. The molecule has 0 aliphatic rings. The fourth-order valence-corrected chi connectivity index (χ4v) is 1.28. The summed E-state index contributed by atoms with van der Waals surface area (Å²) in [5, 5.41) is 11.3. The van der Waals surface area contributed by atoms with Crippen molar-refractivity contribution in [2.45, 2.75) is 13.8 Å². The van der Waals surface area contributed by atoms with Crippen LogP contribution in [0.25, 0.3) is 0 Å². The molecule has 0 aromatic carbocycles. The third kappa shape index (κ3) is 3.13. The number of amides is 2. The number of carboxylic acids is 1. The minimum atomic E-state index is -1.23. The van der Waals surface area contributed by atoms with Crippen molar-refractivity contribution in [1.29, 1.82) is 0 Å². The molecule has 17 heavy (non-hydrogen) atoms. The first-order chi connectivity index (χ1) is 8.10. The summed E-state index contributed by atoms with van der Waals surface area (Å²) in [7, 11) is 0. The van der Waals surface area contributed by atoms with Crippen LogP contribution in [0.5, 0.6) is 0 Å². The van der Waals surface area contributed by atoms with Gasteiger partial charge in [-0.2, -0.15) is 0 Å². The van der Waals surface area contributed by atoms with E-state index in [4.69, 9.17) is 5.11 Å². The molecule has 0 radical (unpaired) electrons. The number of urea groups is 1. The van der Waals surface area contributed by atoms with Crippen LogP contribution in [0.4, 0.5) is 10.6 Å². The van der Waals surface area contributed by atoms with Gasteiger partial charge in [0.25, 0.3) is 0 Å². The van der Waals surface area contributed by atoms with Crippen LogP contribution in [0.2, 0.25) is 0 Å². The standard InChI is InChI=1S/C10H14N4O3/c1-3-14(4-2)10(17)13-8-7(9(15)16)11-5-6-12-8/h5-6H,3-4H2,1-2H3,(H,15,16)(H,12,13,17). The van der Waals surface area contributed by atoms with Crippen molar-refractivity contribution in [3.05, 3.63) is 18.1 Å². The SMILES string of the molecule is CCN(CC)C(=O)Nc1nccnc1C(=O)O. The van der Waals surface area contributed by atoms with Crippen LogP contribution >= 0.6 is 0 Å². The van der Waals surface area contributed by atoms with Crippen molar-refractivity contribution in [3.8, 4) is 0 Å². The Labute approximate surface area is 98.5 Å². The average Bonchev–Trinajstić information content (AvgIpc) is 2.31. The first-order valence-corrected chi connectivity index (χ1v) is 5.20. The van der Waals surface area contributed by atoms with E-state index in [2.05, 4.69) is 15.3 Å². The van der Waals surface area contributed by atoms with Crippen LogP contribution in [-0.4, -0.2) is 45.1 Å². The van der Waals surface area contributed by atoms with Gasteiger partial charge in [-0.3, -0.25) is 5.32 Å². The Balaban J connectivity index is 2.88. The van der Waals surface area contributed by atoms with Gasteiger partial charge >= 0.3 is 12.0 Å². The molecule has 0 saturated carbocycles. The van der Waals surface area contributed by atoms with Crippen LogP contribution in [0.15, 0.2) is 12.4 Å². The largest absolute Gasteiger partial charge is 0.476 e. The lowest BCUT2D eigenvalue weighted by Crippen LogP contribution is -2.35. The highest BCUT2D eigenvalue weighted by atomic mass is 16.4. The summed E-state index contributed by atoms with van der Waals surface area (Å²) >= 11 is 0. The van der Waals surface area contributed by atoms with E-state index in [1.54, 1.807) is 0 Å². The number of aromatic nitrogens is 2. The summed E-state index contributed by atoms with van der Waals surface area (Å²) in [6.45, 7) is 4.73. The molecule has 7 heteroatoms. The number of nitrogens with zero attached hydrogens (tertiary/aromatic N) is 3. The van der Waals surface area contributed by atoms with Crippen LogP contribution in [0, 0.1) is 0 Å². The maximum atomic E-state index is 11.7. The molecule has 0 bridgehead atoms. The molecule has 1 aromatic heterocycles. The fraction of sp³-hybridized carbons (Fsp3) is 0.400. The lowest BCUT2D eigenvalue weighted by atomic mass is 10.4. The monoisotopic (exact) mass is 238 g/mol. The lowest BCUT2D eigenvalue weighted by molar-refractivity contribution is 0.0691. The Bertz CT molecular complexity index is 418. The van der Waals surface area contributed by atoms with Gasteiger partial charge in [0.2, 0.25) is 0 Å². The van der Waals surface area contributed by atoms with Gasteiger partial charge in [0, 0.05) is 25.5 Å². The quantitative estimate of drug-likeness (QED) is 0.817. The number of hydrogen-bond donors (Lipinski definition) is 2. The summed E-state index contributed by atoms with van der Waals surface area (Å²) in [5.41, 5.74) is -0.270. The molecular weight excluding hydrogens is 224 g/mol. The van der Waals surface area contributed by atoms with E-state index in [1.807, 2.05) is 13.8 Å². The predicted molar refractivity (Wildman–Crippen MR) is 60.9 cm³/mol. The van der Waals surface area contributed by atoms with Crippen LogP contribution in [0.1, 0.15) is 24.3 Å². The molecule has 1 heterocycles. The number of carbonyl (C=O) groups excluding carboxylic acids is 1. The number of aromatic carboxylic acids is 1. The van der Waals surface area contributed by atoms with Crippen molar-refractivity contribution in [2.75, 3.05) is 18.4 Å². The second-order valence-electron chi connectivity index (χ2n) is 3.16. The molecular formula is C10H14N4O3. The molecule has 2 N–H and O–H groups in total. The minimum Gasteiger partial charge on any atom is -0.476 e. The Kier molecular flexibility index (Phi) is 4.38. The second-order valence-corrected chi connectivity index (χ2v) is 3.16. The Morgan fingerprint density at radius 2 is 1.88 bits per heavy atom. The molecule has 0 spiro atoms. The number of carboxylic acid groups (broad SMARTS) is 1. The normalized spacial score (nSPS) is 9.76. The fourth-order valence-electron chi connectivity index (χ4n) is 1.28. The van der Waals surface area contributed by atoms with E-state index in [-0.39, 0.29) is 11.5 Å². The van der Waals surface area contributed by atoms with Crippen LogP contribution < -0.4 is 5.32 Å². The average molecular weight is 238 g/mol. The van der Waals surface area contributed by atoms with Crippen molar-refractivity contribution in [3.63, 3.8) is 0 Å². The maximum Gasteiger partial charge on any atom is 0.358 e. The Morgan fingerprint density at radius 1 is 1.29 bits per heavy atom. The van der Waals surface area contributed by atoms with E-state index in [1.165, 1.54) is 17.3 Å². The maximum absolute atomic E-state index is 11.7. The zero-order valence-corrected chi connectivity index (χ0v) is 9.67. The summed E-state index contributed by atoms with van der Waals surface area (Å²) in [5.74, 6) is -1.27. The third-order valence-electron chi connectivity index (χ3n) is 2.18. The lowest BCUT2D eigenvalue weighted by Gasteiger charge is -2.18. The first kappa shape index (κ1) is 12.9. The molecule has 0 saturated heterocycles. The van der Waals surface area contributed by atoms with Crippen molar-refractivity contribution in [2.24, 2.45) is 0 Å². The van der Waals surface area contributed by atoms with Gasteiger partial charge in [-0.05, 0) is 13.8 Å². The molecule has 1 rings (SSSR count). The van der Waals surface area contributed by atoms with E-state index in [9.17, 15) is 9.59 Å². The molecule has 0 unspecified atom stereocenters. The molecule has 0 aliphatic heterocycles. The van der Waals surface area contributed by atoms with Gasteiger partial charge < -0.3 is 10.0 Å². The summed E-state index contributed by atoms with van der Waals surface area (Å²) in [6.07, 6.45) is 2.58. The van der Waals surface area contributed by atoms with Gasteiger partial charge in [-0.1, -0.05) is 0 Å². The summed E-state index contributed by atoms with van der Waals surface area (Å²) in [6, 6.07) is -0.391. The minimum absolute atomic E-state index is 0.0445. The van der Waals surface area contributed by atoms with Crippen molar-refractivity contribution < 1.29 is 14.7 Å². The van der Waals surface area contributed by atoms with E-state index in [0.717, 1.165) is 0 Å². The molecule has 0 fully saturated rings. The Morgan fingerprint density at radius 3 is 2.41 bits per heavy atom. The molecule has 0 atom stereocenters. The number of rotatable bonds is 4. The zero-order chi connectivity index (χ0) is 12.8. The topological polar surface area (TPSA) is 95.4 Å². The second kappa shape index (κ2) is 5.78. The van der Waals surface area contributed by atoms with Crippen LogP contribution in [0.3, 0.4) is 0 Å². The highest BCUT2D eigenvalue weighted by Crippen LogP contribution is 2.08. The molecule has 2 amide bonds. The smallest absolute Gasteiger partial charge is 0.358 e. The van der Waals surface area contributed by atoms with Gasteiger partial charge in [-0.15, -0.1) is 0 Å². The van der Waals surface area contributed by atoms with Crippen LogP contribution in [-0.2, 0) is 0 Å². The number of anilines is 1. The van der Waals surface area contributed by atoms with E-state index >= 15 is 0 Å². The third-order valence-corrected chi connectivity index (χ3v) is 2.18. The van der Waals surface area contributed by atoms with Crippen molar-refractivity contribution >= 4 is 17.8 Å². The van der Waals surface area contributed by atoms with E-state index in [0.29, 0.717) is 13.1 Å². The molecule has 0 aliphatic carbocycles. The van der Waals surface area contributed by atoms with Gasteiger partial charge in [0.05, 0.1) is 0 Å². The van der Waals surface area contributed by atoms with Gasteiger partial charge in [0.1, 0.15) is 0 Å². The number of hydrogen-bond acceptors (Lipinski definition) is 4. The van der Waals surface area contributed by atoms with E-state index < -0.39 is 12.0 Å². The van der Waals surface area contributed by atoms with Gasteiger partial charge in [0.15, 0.2) is 11.5 Å². The van der Waals surface area contributed by atoms with Gasteiger partial charge in [-0.25, -0.2) is 19.6 Å². The first-order valence-electron chi connectivity index (χ1n) is 5.20. The predicted octanol–water partition coefficient (Wildman–Crippen LogP) is 1.05. The molecule has 7 nitrogen and oxygen atoms in total. The summed E-state index contributed by atoms with van der Waals surface area (Å²) < 4.78 is 0. The molecule has 92 valence electrons. The number of nitrogens with one attached hydrogen (secondary N) is 1. The molecule has 1 aromatic rings. The highest BCUT2D eigenvalue weighted by Gasteiger charge is 2.17.